The van der Waals surface area contributed by atoms with Crippen molar-refractivity contribution in [2.45, 2.75) is 25.4 Å². The minimum absolute atomic E-state index is 0.0147. The van der Waals surface area contributed by atoms with Gasteiger partial charge in [0, 0.05) is 23.5 Å². The van der Waals surface area contributed by atoms with Crippen LogP contribution in [0.1, 0.15) is 25.5 Å². The molecule has 1 aromatic rings. The third kappa shape index (κ3) is 2.07. The summed E-state index contributed by atoms with van der Waals surface area (Å²) in [6, 6.07) is 5.96. The van der Waals surface area contributed by atoms with E-state index >= 15 is 0 Å². The second kappa shape index (κ2) is 4.75. The van der Waals surface area contributed by atoms with Gasteiger partial charge < -0.3 is 20.3 Å². The molecule has 0 radical (unpaired) electrons. The average molecular weight is 275 g/mol. The highest BCUT2D eigenvalue weighted by molar-refractivity contribution is 6.03. The van der Waals surface area contributed by atoms with Gasteiger partial charge in [0.15, 0.2) is 0 Å². The Kier molecular flexibility index (Phi) is 3.18. The first-order valence-corrected chi connectivity index (χ1v) is 7.00. The summed E-state index contributed by atoms with van der Waals surface area (Å²) in [4.78, 5) is 14.2. The standard InChI is InChI=1S/C15H21N3O2/c1-15(2)9-20-7-6-18(15)10-4-5-11-12(8-10)17-14(19)13(11)16-3/h4-5,8,13,16H,6-7,9H2,1-3H3,(H,17,19). The second-order valence-corrected chi connectivity index (χ2v) is 6.00. The summed E-state index contributed by atoms with van der Waals surface area (Å²) < 4.78 is 5.56. The van der Waals surface area contributed by atoms with Crippen LogP contribution in [0.5, 0.6) is 0 Å². The van der Waals surface area contributed by atoms with Gasteiger partial charge in [-0.05, 0) is 33.0 Å². The SMILES string of the molecule is CNC1C(=O)Nc2cc(N3CCOCC3(C)C)ccc21. The maximum atomic E-state index is 11.9. The number of nitrogens with zero attached hydrogens (tertiary/aromatic N) is 1. The number of hydrogen-bond donors (Lipinski definition) is 2. The van der Waals surface area contributed by atoms with Gasteiger partial charge in [0.2, 0.25) is 5.91 Å². The zero-order chi connectivity index (χ0) is 14.3. The van der Waals surface area contributed by atoms with Crippen molar-refractivity contribution in [3.05, 3.63) is 23.8 Å². The third-order valence-electron chi connectivity index (χ3n) is 4.11. The zero-order valence-electron chi connectivity index (χ0n) is 12.2. The van der Waals surface area contributed by atoms with E-state index in [-0.39, 0.29) is 17.5 Å². The molecule has 0 spiro atoms. The van der Waals surface area contributed by atoms with E-state index in [2.05, 4.69) is 41.5 Å². The van der Waals surface area contributed by atoms with E-state index in [0.29, 0.717) is 0 Å². The highest BCUT2D eigenvalue weighted by Gasteiger charge is 2.33. The third-order valence-corrected chi connectivity index (χ3v) is 4.11. The Hall–Kier alpha value is -1.59. The summed E-state index contributed by atoms with van der Waals surface area (Å²) >= 11 is 0. The minimum Gasteiger partial charge on any atom is -0.377 e. The Bertz CT molecular complexity index is 542. The maximum Gasteiger partial charge on any atom is 0.246 e. The quantitative estimate of drug-likeness (QED) is 0.859. The Labute approximate surface area is 119 Å². The first kappa shape index (κ1) is 13.4. The van der Waals surface area contributed by atoms with Crippen LogP contribution in [0.4, 0.5) is 11.4 Å². The molecule has 1 saturated heterocycles. The number of ether oxygens (including phenoxy) is 1. The molecule has 0 aromatic heterocycles. The maximum absolute atomic E-state index is 11.9. The highest BCUT2D eigenvalue weighted by atomic mass is 16.5. The fraction of sp³-hybridized carbons (Fsp3) is 0.533. The van der Waals surface area contributed by atoms with Gasteiger partial charge in [-0.25, -0.2) is 0 Å². The smallest absolute Gasteiger partial charge is 0.246 e. The summed E-state index contributed by atoms with van der Waals surface area (Å²) in [6.45, 7) is 6.68. The van der Waals surface area contributed by atoms with Crippen LogP contribution in [0.15, 0.2) is 18.2 Å². The predicted octanol–water partition coefficient (Wildman–Crippen LogP) is 1.51. The molecule has 2 aliphatic rings. The molecule has 20 heavy (non-hydrogen) atoms. The van der Waals surface area contributed by atoms with Crippen molar-refractivity contribution < 1.29 is 9.53 Å². The molecule has 1 aromatic carbocycles. The molecular weight excluding hydrogens is 254 g/mol. The molecule has 3 rings (SSSR count). The largest absolute Gasteiger partial charge is 0.377 e. The average Bonchev–Trinajstić information content (AvgIpc) is 2.72. The Morgan fingerprint density at radius 1 is 1.45 bits per heavy atom. The van der Waals surface area contributed by atoms with Gasteiger partial charge in [0.1, 0.15) is 6.04 Å². The van der Waals surface area contributed by atoms with Crippen molar-refractivity contribution in [1.29, 1.82) is 0 Å². The number of likely N-dealkylation sites (N-methyl/N-ethyl adjacent to an activating group) is 1. The van der Waals surface area contributed by atoms with Crippen molar-refractivity contribution in [1.82, 2.24) is 5.32 Å². The number of rotatable bonds is 2. The van der Waals surface area contributed by atoms with E-state index in [1.54, 1.807) is 7.05 Å². The van der Waals surface area contributed by atoms with E-state index < -0.39 is 0 Å². The molecular formula is C15H21N3O2. The van der Waals surface area contributed by atoms with Gasteiger partial charge in [0.25, 0.3) is 0 Å². The van der Waals surface area contributed by atoms with Crippen LogP contribution in [0.2, 0.25) is 0 Å². The molecule has 0 saturated carbocycles. The Balaban J connectivity index is 1.94. The van der Waals surface area contributed by atoms with E-state index in [1.165, 1.54) is 0 Å². The fourth-order valence-electron chi connectivity index (χ4n) is 3.04. The fourth-order valence-corrected chi connectivity index (χ4v) is 3.04. The minimum atomic E-state index is -0.239. The molecule has 2 aliphatic heterocycles. The van der Waals surface area contributed by atoms with Gasteiger partial charge in [-0.2, -0.15) is 0 Å². The van der Waals surface area contributed by atoms with Crippen molar-refractivity contribution in [3.8, 4) is 0 Å². The van der Waals surface area contributed by atoms with E-state index in [1.807, 2.05) is 6.07 Å². The Morgan fingerprint density at radius 3 is 2.95 bits per heavy atom. The lowest BCUT2D eigenvalue weighted by Crippen LogP contribution is -2.53. The lowest BCUT2D eigenvalue weighted by atomic mass is 10.00. The molecule has 1 atom stereocenters. The van der Waals surface area contributed by atoms with Gasteiger partial charge in [0.05, 0.1) is 18.8 Å². The molecule has 1 fully saturated rings. The van der Waals surface area contributed by atoms with Crippen LogP contribution in [-0.4, -0.2) is 38.3 Å². The van der Waals surface area contributed by atoms with Gasteiger partial charge >= 0.3 is 0 Å². The van der Waals surface area contributed by atoms with E-state index in [4.69, 9.17) is 4.74 Å². The lowest BCUT2D eigenvalue weighted by Gasteiger charge is -2.44. The molecule has 108 valence electrons. The van der Waals surface area contributed by atoms with Gasteiger partial charge in [-0.3, -0.25) is 4.79 Å². The number of amides is 1. The number of carbonyl (C=O) groups excluding carboxylic acids is 1. The molecule has 2 heterocycles. The number of nitrogens with one attached hydrogen (secondary N) is 2. The first-order valence-electron chi connectivity index (χ1n) is 7.00. The van der Waals surface area contributed by atoms with Crippen LogP contribution in [-0.2, 0) is 9.53 Å². The molecule has 5 heteroatoms. The number of anilines is 2. The summed E-state index contributed by atoms with van der Waals surface area (Å²) in [5.41, 5.74) is 3.04. The zero-order valence-corrected chi connectivity index (χ0v) is 12.2. The Morgan fingerprint density at radius 2 is 2.25 bits per heavy atom. The second-order valence-electron chi connectivity index (χ2n) is 6.00. The first-order chi connectivity index (χ1) is 9.53. The van der Waals surface area contributed by atoms with Crippen molar-refractivity contribution in [3.63, 3.8) is 0 Å². The summed E-state index contributed by atoms with van der Waals surface area (Å²) in [7, 11) is 1.80. The van der Waals surface area contributed by atoms with Gasteiger partial charge in [-0.15, -0.1) is 0 Å². The van der Waals surface area contributed by atoms with E-state index in [9.17, 15) is 4.79 Å². The molecule has 1 amide bonds. The van der Waals surface area contributed by atoms with Crippen LogP contribution in [0, 0.1) is 0 Å². The number of benzene rings is 1. The molecule has 1 unspecified atom stereocenters. The number of morpholine rings is 1. The molecule has 5 nitrogen and oxygen atoms in total. The van der Waals surface area contributed by atoms with Crippen LogP contribution in [0.25, 0.3) is 0 Å². The highest BCUT2D eigenvalue weighted by Crippen LogP contribution is 2.36. The summed E-state index contributed by atoms with van der Waals surface area (Å²) in [5, 5.41) is 5.99. The summed E-state index contributed by atoms with van der Waals surface area (Å²) in [5.74, 6) is 0.0147. The van der Waals surface area contributed by atoms with Crippen LogP contribution < -0.4 is 15.5 Å². The van der Waals surface area contributed by atoms with Crippen molar-refractivity contribution in [2.75, 3.05) is 37.0 Å². The van der Waals surface area contributed by atoms with Crippen LogP contribution >= 0.6 is 0 Å². The molecule has 0 aliphatic carbocycles. The van der Waals surface area contributed by atoms with Gasteiger partial charge in [-0.1, -0.05) is 6.07 Å². The molecule has 0 bridgehead atoms. The van der Waals surface area contributed by atoms with Crippen molar-refractivity contribution >= 4 is 17.3 Å². The topological polar surface area (TPSA) is 53.6 Å². The normalized spacial score (nSPS) is 24.4. The molecule has 2 N–H and O–H groups in total. The number of fused-ring (bicyclic) bond motifs is 1. The van der Waals surface area contributed by atoms with Crippen LogP contribution in [0.3, 0.4) is 0 Å². The monoisotopic (exact) mass is 275 g/mol. The van der Waals surface area contributed by atoms with E-state index in [0.717, 1.165) is 36.7 Å². The summed E-state index contributed by atoms with van der Waals surface area (Å²) in [6.07, 6.45) is 0. The number of hydrogen-bond acceptors (Lipinski definition) is 4. The predicted molar refractivity (Wildman–Crippen MR) is 79.1 cm³/mol. The van der Waals surface area contributed by atoms with Crippen molar-refractivity contribution in [2.24, 2.45) is 0 Å². The lowest BCUT2D eigenvalue weighted by molar-refractivity contribution is -0.117. The number of carbonyl (C=O) groups is 1.